The molecule has 2 aromatic carbocycles. The molecule has 0 amide bonds. The van der Waals surface area contributed by atoms with Crippen molar-refractivity contribution in [3.05, 3.63) is 65.0 Å². The molecule has 0 aliphatic rings. The predicted octanol–water partition coefficient (Wildman–Crippen LogP) is 3.17. The van der Waals surface area contributed by atoms with Crippen molar-refractivity contribution < 1.29 is 17.0 Å². The molecule has 4 rings (SSSR count). The molecule has 120 valence electrons. The Morgan fingerprint density at radius 1 is 1.04 bits per heavy atom. The monoisotopic (exact) mass is 359 g/mol. The second kappa shape index (κ2) is 5.43. The number of fused-ring (bicyclic) bond motifs is 2. The van der Waals surface area contributed by atoms with Crippen molar-refractivity contribution in [1.82, 2.24) is 4.98 Å². The minimum atomic E-state index is -4.03. The van der Waals surface area contributed by atoms with E-state index in [-0.39, 0.29) is 10.1 Å². The zero-order valence-electron chi connectivity index (χ0n) is 12.0. The Bertz CT molecular complexity index is 1190. The molecule has 0 spiro atoms. The summed E-state index contributed by atoms with van der Waals surface area (Å²) < 4.78 is 35.8. The van der Waals surface area contributed by atoms with Crippen LogP contribution in [0.15, 0.2) is 68.7 Å². The number of benzene rings is 2. The van der Waals surface area contributed by atoms with E-state index in [0.717, 1.165) is 16.0 Å². The van der Waals surface area contributed by atoms with Crippen molar-refractivity contribution in [2.45, 2.75) is 4.90 Å². The molecule has 0 radical (unpaired) electrons. The van der Waals surface area contributed by atoms with E-state index in [0.29, 0.717) is 16.5 Å². The summed E-state index contributed by atoms with van der Waals surface area (Å²) in [6.45, 7) is 0. The van der Waals surface area contributed by atoms with Crippen molar-refractivity contribution in [2.75, 3.05) is 0 Å². The molecular formula is C16H9NO5S2. The predicted molar refractivity (Wildman–Crippen MR) is 89.9 cm³/mol. The first-order chi connectivity index (χ1) is 11.5. The number of aromatic nitrogens is 1. The maximum absolute atomic E-state index is 12.4. The summed E-state index contributed by atoms with van der Waals surface area (Å²) in [6.07, 6.45) is 0. The van der Waals surface area contributed by atoms with Crippen LogP contribution in [0.3, 0.4) is 0 Å². The number of nitrogens with zero attached hydrogens (tertiary/aromatic N) is 1. The third-order valence-electron chi connectivity index (χ3n) is 3.33. The van der Waals surface area contributed by atoms with Crippen LogP contribution in [-0.4, -0.2) is 13.4 Å². The number of rotatable bonds is 3. The fourth-order valence-corrected chi connectivity index (χ4v) is 4.16. The summed E-state index contributed by atoms with van der Waals surface area (Å²) in [5, 5.41) is 0.541. The highest BCUT2D eigenvalue weighted by molar-refractivity contribution is 7.87. The third kappa shape index (κ3) is 2.66. The van der Waals surface area contributed by atoms with Gasteiger partial charge in [-0.05, 0) is 36.4 Å². The topological polar surface area (TPSA) is 86.5 Å². The molecule has 0 fully saturated rings. The number of para-hydroxylation sites is 1. The SMILES string of the molecule is O=c1ccc2cc(S(=O)(=O)Oc3nc4ccccc4s3)ccc2o1. The van der Waals surface area contributed by atoms with Gasteiger partial charge in [0.25, 0.3) is 5.19 Å². The lowest BCUT2D eigenvalue weighted by atomic mass is 10.2. The van der Waals surface area contributed by atoms with Crippen molar-refractivity contribution in [3.8, 4) is 5.19 Å². The van der Waals surface area contributed by atoms with Crippen LogP contribution in [0.5, 0.6) is 5.19 Å². The lowest BCUT2D eigenvalue weighted by Gasteiger charge is -2.04. The third-order valence-corrected chi connectivity index (χ3v) is 5.56. The molecule has 2 aromatic heterocycles. The second-order valence-electron chi connectivity index (χ2n) is 4.94. The molecule has 4 aromatic rings. The van der Waals surface area contributed by atoms with Crippen molar-refractivity contribution >= 4 is 42.6 Å². The molecule has 0 atom stereocenters. The lowest BCUT2D eigenvalue weighted by molar-refractivity contribution is 0.485. The van der Waals surface area contributed by atoms with Gasteiger partial charge in [0, 0.05) is 11.5 Å². The van der Waals surface area contributed by atoms with E-state index in [1.807, 2.05) is 18.2 Å². The summed E-state index contributed by atoms with van der Waals surface area (Å²) >= 11 is 1.15. The summed E-state index contributed by atoms with van der Waals surface area (Å²) in [7, 11) is -4.03. The molecule has 24 heavy (non-hydrogen) atoms. The first-order valence-electron chi connectivity index (χ1n) is 6.85. The fraction of sp³-hybridized carbons (Fsp3) is 0. The van der Waals surface area contributed by atoms with Crippen LogP contribution in [0.2, 0.25) is 0 Å². The Morgan fingerprint density at radius 3 is 2.71 bits per heavy atom. The van der Waals surface area contributed by atoms with Crippen LogP contribution in [-0.2, 0) is 10.1 Å². The number of hydrogen-bond donors (Lipinski definition) is 0. The average Bonchev–Trinajstić information content (AvgIpc) is 2.95. The van der Waals surface area contributed by atoms with E-state index < -0.39 is 15.7 Å². The van der Waals surface area contributed by atoms with E-state index in [4.69, 9.17) is 8.60 Å². The van der Waals surface area contributed by atoms with Gasteiger partial charge in [-0.3, -0.25) is 0 Å². The van der Waals surface area contributed by atoms with E-state index in [1.165, 1.54) is 30.3 Å². The van der Waals surface area contributed by atoms with Crippen LogP contribution in [0.1, 0.15) is 0 Å². The average molecular weight is 359 g/mol. The minimum Gasteiger partial charge on any atom is -0.423 e. The lowest BCUT2D eigenvalue weighted by Crippen LogP contribution is -2.09. The van der Waals surface area contributed by atoms with E-state index in [9.17, 15) is 13.2 Å². The molecule has 2 heterocycles. The molecule has 0 aliphatic heterocycles. The van der Waals surface area contributed by atoms with Gasteiger partial charge in [0.15, 0.2) is 0 Å². The highest BCUT2D eigenvalue weighted by atomic mass is 32.2. The quantitative estimate of drug-likeness (QED) is 0.412. The number of hydrogen-bond acceptors (Lipinski definition) is 7. The zero-order chi connectivity index (χ0) is 16.7. The Kier molecular flexibility index (Phi) is 3.36. The van der Waals surface area contributed by atoms with Crippen LogP contribution in [0, 0.1) is 0 Å². The highest BCUT2D eigenvalue weighted by Crippen LogP contribution is 2.30. The van der Waals surface area contributed by atoms with Gasteiger partial charge in [0.1, 0.15) is 10.5 Å². The molecule has 0 bridgehead atoms. The minimum absolute atomic E-state index is 0.0388. The van der Waals surface area contributed by atoms with Gasteiger partial charge < -0.3 is 8.60 Å². The normalized spacial score (nSPS) is 11.8. The molecule has 0 aliphatic carbocycles. The van der Waals surface area contributed by atoms with Gasteiger partial charge in [-0.1, -0.05) is 23.5 Å². The molecular weight excluding hydrogens is 350 g/mol. The van der Waals surface area contributed by atoms with Crippen molar-refractivity contribution in [2.24, 2.45) is 0 Å². The summed E-state index contributed by atoms with van der Waals surface area (Å²) in [5.41, 5.74) is 0.484. The Balaban J connectivity index is 1.73. The zero-order valence-corrected chi connectivity index (χ0v) is 13.6. The Morgan fingerprint density at radius 2 is 1.88 bits per heavy atom. The number of thiazole rings is 1. The summed E-state index contributed by atoms with van der Waals surface area (Å²) in [4.78, 5) is 15.3. The molecule has 0 saturated heterocycles. The van der Waals surface area contributed by atoms with Crippen LogP contribution < -0.4 is 9.81 Å². The highest BCUT2D eigenvalue weighted by Gasteiger charge is 2.20. The standard InChI is InChI=1S/C16H9NO5S2/c18-15-8-5-10-9-11(6-7-13(10)21-15)24(19,20)22-16-17-12-3-1-2-4-14(12)23-16/h1-9H. The molecule has 0 N–H and O–H groups in total. The molecule has 6 nitrogen and oxygen atoms in total. The molecule has 0 unspecified atom stereocenters. The second-order valence-corrected chi connectivity index (χ2v) is 7.48. The van der Waals surface area contributed by atoms with Gasteiger partial charge in [-0.15, -0.1) is 0 Å². The maximum Gasteiger partial charge on any atom is 0.341 e. The van der Waals surface area contributed by atoms with Gasteiger partial charge in [0.05, 0.1) is 10.2 Å². The first kappa shape index (κ1) is 14.9. The van der Waals surface area contributed by atoms with Crippen molar-refractivity contribution in [3.63, 3.8) is 0 Å². The van der Waals surface area contributed by atoms with Crippen LogP contribution in [0.4, 0.5) is 0 Å². The van der Waals surface area contributed by atoms with Crippen LogP contribution in [0.25, 0.3) is 21.2 Å². The van der Waals surface area contributed by atoms with E-state index >= 15 is 0 Å². The molecule has 8 heteroatoms. The van der Waals surface area contributed by atoms with E-state index in [2.05, 4.69) is 4.98 Å². The van der Waals surface area contributed by atoms with Crippen LogP contribution >= 0.6 is 11.3 Å². The van der Waals surface area contributed by atoms with Gasteiger partial charge in [-0.25, -0.2) is 9.78 Å². The van der Waals surface area contributed by atoms with E-state index in [1.54, 1.807) is 6.07 Å². The largest absolute Gasteiger partial charge is 0.423 e. The maximum atomic E-state index is 12.4. The van der Waals surface area contributed by atoms with Gasteiger partial charge in [0.2, 0.25) is 0 Å². The summed E-state index contributed by atoms with van der Waals surface area (Å²) in [5.74, 6) is 0. The van der Waals surface area contributed by atoms with Gasteiger partial charge in [-0.2, -0.15) is 8.42 Å². The fourth-order valence-electron chi connectivity index (χ4n) is 2.23. The summed E-state index contributed by atoms with van der Waals surface area (Å²) in [6, 6.07) is 14.1. The van der Waals surface area contributed by atoms with Crippen molar-refractivity contribution in [1.29, 1.82) is 0 Å². The first-order valence-corrected chi connectivity index (χ1v) is 9.08. The smallest absolute Gasteiger partial charge is 0.341 e. The molecule has 0 saturated carbocycles. The van der Waals surface area contributed by atoms with Gasteiger partial charge >= 0.3 is 15.7 Å². The Labute approximate surface area is 140 Å². The Hall–Kier alpha value is -2.71.